The third kappa shape index (κ3) is 1.51. The smallest absolute Gasteiger partial charge is 0.239 e. The summed E-state index contributed by atoms with van der Waals surface area (Å²) in [4.78, 5) is 3.78. The molecule has 13 heavy (non-hydrogen) atoms. The minimum Gasteiger partial charge on any atom is -0.379 e. The van der Waals surface area contributed by atoms with Gasteiger partial charge < -0.3 is 11.5 Å². The Morgan fingerprint density at radius 3 is 2.46 bits per heavy atom. The molecule has 5 N–H and O–H groups in total. The van der Waals surface area contributed by atoms with Gasteiger partial charge in [-0.25, -0.2) is 4.63 Å². The first-order valence-electron chi connectivity index (χ1n) is 3.03. The molecular weight excluding hydrogens is 198 g/mol. The highest BCUT2D eigenvalue weighted by Crippen LogP contribution is 2.17. The van der Waals surface area contributed by atoms with E-state index in [9.17, 15) is 0 Å². The summed E-state index contributed by atoms with van der Waals surface area (Å²) >= 11 is 0. The SMILES string of the molecule is Cl.Nc1n[nH]c(-c2nonc2N)n1. The van der Waals surface area contributed by atoms with Crippen LogP contribution in [0.2, 0.25) is 0 Å². The van der Waals surface area contributed by atoms with Crippen LogP contribution in [0.25, 0.3) is 11.5 Å². The van der Waals surface area contributed by atoms with Crippen LogP contribution in [0, 0.1) is 0 Å². The van der Waals surface area contributed by atoms with Crippen LogP contribution < -0.4 is 11.5 Å². The summed E-state index contributed by atoms with van der Waals surface area (Å²) in [7, 11) is 0. The van der Waals surface area contributed by atoms with E-state index in [1.165, 1.54) is 0 Å². The zero-order valence-electron chi connectivity index (χ0n) is 6.26. The van der Waals surface area contributed by atoms with Crippen molar-refractivity contribution in [2.45, 2.75) is 0 Å². The second-order valence-electron chi connectivity index (χ2n) is 2.04. The molecule has 0 saturated carbocycles. The van der Waals surface area contributed by atoms with Crippen molar-refractivity contribution in [1.82, 2.24) is 25.5 Å². The van der Waals surface area contributed by atoms with E-state index in [1.54, 1.807) is 0 Å². The fourth-order valence-corrected chi connectivity index (χ4v) is 0.740. The number of aromatic amines is 1. The van der Waals surface area contributed by atoms with E-state index in [2.05, 4.69) is 30.1 Å². The van der Waals surface area contributed by atoms with E-state index in [0.29, 0.717) is 11.5 Å². The van der Waals surface area contributed by atoms with E-state index in [-0.39, 0.29) is 24.2 Å². The lowest BCUT2D eigenvalue weighted by Crippen LogP contribution is -1.90. The van der Waals surface area contributed by atoms with Crippen LogP contribution in [0.4, 0.5) is 11.8 Å². The van der Waals surface area contributed by atoms with Gasteiger partial charge in [-0.1, -0.05) is 0 Å². The maximum Gasteiger partial charge on any atom is 0.239 e. The van der Waals surface area contributed by atoms with Crippen molar-refractivity contribution in [3.8, 4) is 11.5 Å². The molecule has 0 aliphatic heterocycles. The minimum atomic E-state index is 0. The average Bonchev–Trinajstić information content (AvgIpc) is 2.58. The number of H-pyrrole nitrogens is 1. The van der Waals surface area contributed by atoms with Gasteiger partial charge in [0.2, 0.25) is 5.95 Å². The molecule has 2 heterocycles. The quantitative estimate of drug-likeness (QED) is 0.566. The highest BCUT2D eigenvalue weighted by molar-refractivity contribution is 5.85. The Labute approximate surface area is 78.1 Å². The standard InChI is InChI=1S/C4H5N7O.ClH/c5-2-1(10-12-11-2)3-7-4(6)9-8-3;/h(H2,5,11)(H3,6,7,8,9);1H. The molecule has 0 aliphatic carbocycles. The van der Waals surface area contributed by atoms with Gasteiger partial charge in [0.25, 0.3) is 0 Å². The number of anilines is 2. The van der Waals surface area contributed by atoms with Gasteiger partial charge >= 0.3 is 0 Å². The van der Waals surface area contributed by atoms with E-state index >= 15 is 0 Å². The van der Waals surface area contributed by atoms with Crippen LogP contribution in [-0.2, 0) is 0 Å². The highest BCUT2D eigenvalue weighted by atomic mass is 35.5. The normalized spacial score (nSPS) is 9.54. The largest absolute Gasteiger partial charge is 0.379 e. The number of nitrogens with one attached hydrogen (secondary N) is 1. The number of rotatable bonds is 1. The molecule has 0 amide bonds. The van der Waals surface area contributed by atoms with Crippen molar-refractivity contribution >= 4 is 24.2 Å². The monoisotopic (exact) mass is 203 g/mol. The van der Waals surface area contributed by atoms with Gasteiger partial charge in [0.05, 0.1) is 0 Å². The predicted octanol–water partition coefficient (Wildman–Crippen LogP) is -0.559. The molecule has 0 atom stereocenters. The molecule has 2 rings (SSSR count). The zero-order valence-corrected chi connectivity index (χ0v) is 7.08. The Balaban J connectivity index is 0.000000845. The van der Waals surface area contributed by atoms with Gasteiger partial charge in [0, 0.05) is 0 Å². The summed E-state index contributed by atoms with van der Waals surface area (Å²) in [5, 5.41) is 13.0. The number of nitrogens with two attached hydrogens (primary N) is 2. The molecule has 0 aromatic carbocycles. The van der Waals surface area contributed by atoms with E-state index in [4.69, 9.17) is 11.5 Å². The van der Waals surface area contributed by atoms with Gasteiger partial charge in [0.1, 0.15) is 0 Å². The number of hydrogen-bond donors (Lipinski definition) is 3. The number of nitrogen functional groups attached to an aromatic ring is 2. The molecule has 0 saturated heterocycles. The topological polar surface area (TPSA) is 133 Å². The van der Waals surface area contributed by atoms with Gasteiger partial charge in [-0.3, -0.25) is 5.10 Å². The van der Waals surface area contributed by atoms with Crippen LogP contribution in [-0.4, -0.2) is 25.5 Å². The lowest BCUT2D eigenvalue weighted by atomic mass is 10.4. The molecule has 0 unspecified atom stereocenters. The summed E-state index contributed by atoms with van der Waals surface area (Å²) in [6.45, 7) is 0. The van der Waals surface area contributed by atoms with Gasteiger partial charge in [-0.2, -0.15) is 4.98 Å². The van der Waals surface area contributed by atoms with Crippen LogP contribution in [0.3, 0.4) is 0 Å². The molecule has 2 aromatic rings. The summed E-state index contributed by atoms with van der Waals surface area (Å²) in [6.07, 6.45) is 0. The molecule has 0 fully saturated rings. The van der Waals surface area contributed by atoms with Crippen LogP contribution in [0.15, 0.2) is 4.63 Å². The van der Waals surface area contributed by atoms with Crippen molar-refractivity contribution in [2.75, 3.05) is 11.5 Å². The lowest BCUT2D eigenvalue weighted by Gasteiger charge is -1.84. The van der Waals surface area contributed by atoms with Gasteiger partial charge in [0.15, 0.2) is 17.3 Å². The van der Waals surface area contributed by atoms with E-state index in [0.717, 1.165) is 0 Å². The van der Waals surface area contributed by atoms with Crippen molar-refractivity contribution in [1.29, 1.82) is 0 Å². The number of halogens is 1. The molecule has 0 aliphatic rings. The molecular formula is C4H6ClN7O. The zero-order chi connectivity index (χ0) is 8.55. The van der Waals surface area contributed by atoms with E-state index < -0.39 is 0 Å². The fraction of sp³-hybridized carbons (Fsp3) is 0. The van der Waals surface area contributed by atoms with Crippen molar-refractivity contribution < 1.29 is 4.63 Å². The maximum absolute atomic E-state index is 5.39. The predicted molar refractivity (Wildman–Crippen MR) is 45.7 cm³/mol. The molecule has 0 spiro atoms. The Morgan fingerprint density at radius 2 is 2.00 bits per heavy atom. The third-order valence-corrected chi connectivity index (χ3v) is 1.24. The Kier molecular flexibility index (Phi) is 2.33. The fourth-order valence-electron chi connectivity index (χ4n) is 0.740. The van der Waals surface area contributed by atoms with Gasteiger partial charge in [-0.15, -0.1) is 17.5 Å². The maximum atomic E-state index is 5.39. The van der Waals surface area contributed by atoms with Gasteiger partial charge in [-0.05, 0) is 10.3 Å². The van der Waals surface area contributed by atoms with Crippen molar-refractivity contribution in [2.24, 2.45) is 0 Å². The lowest BCUT2D eigenvalue weighted by molar-refractivity contribution is 0.310. The third-order valence-electron chi connectivity index (χ3n) is 1.24. The first-order chi connectivity index (χ1) is 5.77. The van der Waals surface area contributed by atoms with Crippen LogP contribution >= 0.6 is 12.4 Å². The average molecular weight is 204 g/mol. The number of nitrogens with zero attached hydrogens (tertiary/aromatic N) is 4. The minimum absolute atomic E-state index is 0. The Morgan fingerprint density at radius 1 is 1.23 bits per heavy atom. The van der Waals surface area contributed by atoms with Crippen LogP contribution in [0.1, 0.15) is 0 Å². The Bertz CT molecular complexity index is 395. The summed E-state index contributed by atoms with van der Waals surface area (Å²) in [5.74, 6) is 0.602. The molecule has 70 valence electrons. The number of aromatic nitrogens is 5. The molecule has 0 bridgehead atoms. The Hall–Kier alpha value is -1.83. The molecule has 8 nitrogen and oxygen atoms in total. The van der Waals surface area contributed by atoms with Crippen molar-refractivity contribution in [3.63, 3.8) is 0 Å². The summed E-state index contributed by atoms with van der Waals surface area (Å²) < 4.78 is 4.36. The number of hydrogen-bond acceptors (Lipinski definition) is 7. The second kappa shape index (κ2) is 3.27. The molecule has 0 radical (unpaired) electrons. The summed E-state index contributed by atoms with van der Waals surface area (Å²) in [6, 6.07) is 0. The first-order valence-corrected chi connectivity index (χ1v) is 3.03. The van der Waals surface area contributed by atoms with Crippen molar-refractivity contribution in [3.05, 3.63) is 0 Å². The highest BCUT2D eigenvalue weighted by Gasteiger charge is 2.12. The van der Waals surface area contributed by atoms with E-state index in [1.807, 2.05) is 0 Å². The molecule has 2 aromatic heterocycles. The molecule has 9 heteroatoms. The summed E-state index contributed by atoms with van der Waals surface area (Å²) in [5.41, 5.74) is 11.0. The first kappa shape index (κ1) is 9.26. The second-order valence-corrected chi connectivity index (χ2v) is 2.04. The van der Waals surface area contributed by atoms with Crippen LogP contribution in [0.5, 0.6) is 0 Å².